The van der Waals surface area contributed by atoms with Gasteiger partial charge in [-0.3, -0.25) is 9.80 Å². The maximum absolute atomic E-state index is 6.63. The first-order valence-corrected chi connectivity index (χ1v) is 19.5. The average molecular weight is 681 g/mol. The molecule has 7 heteroatoms. The second kappa shape index (κ2) is 17.6. The van der Waals surface area contributed by atoms with Crippen molar-refractivity contribution in [3.8, 4) is 34.4 Å². The minimum Gasteiger partial charge on any atom is -0.492 e. The van der Waals surface area contributed by atoms with Crippen molar-refractivity contribution in [3.05, 3.63) is 66.2 Å². The molecule has 0 amide bonds. The molecule has 1 aromatic heterocycles. The third-order valence-corrected chi connectivity index (χ3v) is 10.3. The van der Waals surface area contributed by atoms with E-state index in [2.05, 4.69) is 96.7 Å². The van der Waals surface area contributed by atoms with Gasteiger partial charge in [0, 0.05) is 37.3 Å². The van der Waals surface area contributed by atoms with E-state index >= 15 is 0 Å². The lowest BCUT2D eigenvalue weighted by atomic mass is 9.87. The number of hydrogen-bond donors (Lipinski definition) is 0. The first-order chi connectivity index (χ1) is 24.4. The van der Waals surface area contributed by atoms with Crippen LogP contribution < -0.4 is 14.2 Å². The van der Waals surface area contributed by atoms with E-state index in [-0.39, 0.29) is 5.41 Å². The Morgan fingerprint density at radius 3 is 1.92 bits per heavy atom. The first-order valence-electron chi connectivity index (χ1n) is 19.5. The summed E-state index contributed by atoms with van der Waals surface area (Å²) in [7, 11) is 0. The molecular weight excluding hydrogens is 620 g/mol. The van der Waals surface area contributed by atoms with Gasteiger partial charge < -0.3 is 18.8 Å². The summed E-state index contributed by atoms with van der Waals surface area (Å²) in [5, 5.41) is 0. The monoisotopic (exact) mass is 680 g/mol. The van der Waals surface area contributed by atoms with Gasteiger partial charge in [-0.15, -0.1) is 0 Å². The predicted octanol–water partition coefficient (Wildman–Crippen LogP) is 10.1. The number of rotatable bonds is 14. The van der Waals surface area contributed by atoms with Crippen molar-refractivity contribution in [2.75, 3.05) is 52.5 Å². The zero-order valence-electron chi connectivity index (χ0n) is 31.2. The molecule has 2 aliphatic heterocycles. The van der Waals surface area contributed by atoms with Gasteiger partial charge >= 0.3 is 0 Å². The molecule has 2 fully saturated rings. The van der Waals surface area contributed by atoms with Crippen molar-refractivity contribution in [3.63, 3.8) is 0 Å². The number of unbranched alkanes of at least 4 members (excludes halogenated alkanes) is 1. The maximum Gasteiger partial charge on any atom is 0.150 e. The molecule has 0 N–H and O–H groups in total. The van der Waals surface area contributed by atoms with Crippen molar-refractivity contribution in [1.82, 2.24) is 19.4 Å². The number of nitrogens with zero attached hydrogens (tertiary/aromatic N) is 4. The Bertz CT molecular complexity index is 1620. The lowest BCUT2D eigenvalue weighted by Crippen LogP contribution is -2.29. The molecule has 2 aliphatic rings. The number of fused-ring (bicyclic) bond motifs is 1. The zero-order valence-corrected chi connectivity index (χ0v) is 31.2. The summed E-state index contributed by atoms with van der Waals surface area (Å²) < 4.78 is 21.9. The number of aromatic nitrogens is 2. The van der Waals surface area contributed by atoms with E-state index in [1.165, 1.54) is 70.0 Å². The van der Waals surface area contributed by atoms with Crippen LogP contribution in [-0.4, -0.2) is 71.8 Å². The van der Waals surface area contributed by atoms with Crippen LogP contribution in [0.2, 0.25) is 0 Å². The Balaban J connectivity index is 1.29. The molecule has 6 rings (SSSR count). The Hall–Kier alpha value is -3.55. The number of aryl methyl sites for hydroxylation is 1. The Kier molecular flexibility index (Phi) is 12.8. The fourth-order valence-corrected chi connectivity index (χ4v) is 7.28. The molecule has 0 unspecified atom stereocenters. The summed E-state index contributed by atoms with van der Waals surface area (Å²) in [6.45, 7) is 17.7. The normalized spacial score (nSPS) is 16.6. The molecule has 3 heterocycles. The Labute approximate surface area is 300 Å². The van der Waals surface area contributed by atoms with Crippen molar-refractivity contribution < 1.29 is 14.2 Å². The van der Waals surface area contributed by atoms with Gasteiger partial charge in [0.2, 0.25) is 0 Å². The van der Waals surface area contributed by atoms with Crippen LogP contribution in [0.1, 0.15) is 97.5 Å². The third-order valence-electron chi connectivity index (χ3n) is 10.3. The van der Waals surface area contributed by atoms with E-state index in [1.807, 2.05) is 6.07 Å². The SMILES string of the molecule is CCCCn1c(-c2cccc(Oc3ccc(C(C)(C)C)cc3)c2)nc2c(OCCN3CCCCCC3)cc(OCCN3CCCCCC3)cc21. The predicted molar refractivity (Wildman–Crippen MR) is 206 cm³/mol. The summed E-state index contributed by atoms with van der Waals surface area (Å²) >= 11 is 0. The van der Waals surface area contributed by atoms with Gasteiger partial charge in [0.05, 0.1) is 5.52 Å². The smallest absolute Gasteiger partial charge is 0.150 e. The summed E-state index contributed by atoms with van der Waals surface area (Å²) in [6.07, 6.45) is 12.6. The van der Waals surface area contributed by atoms with E-state index in [0.717, 1.165) is 91.0 Å². The van der Waals surface area contributed by atoms with E-state index in [0.29, 0.717) is 13.2 Å². The van der Waals surface area contributed by atoms with Gasteiger partial charge in [0.15, 0.2) is 5.75 Å². The lowest BCUT2D eigenvalue weighted by molar-refractivity contribution is 0.209. The van der Waals surface area contributed by atoms with Gasteiger partial charge in [-0.1, -0.05) is 84.1 Å². The van der Waals surface area contributed by atoms with E-state index in [9.17, 15) is 0 Å². The second-order valence-electron chi connectivity index (χ2n) is 15.3. The van der Waals surface area contributed by atoms with Crippen molar-refractivity contribution >= 4 is 11.0 Å². The molecule has 3 aromatic carbocycles. The highest BCUT2D eigenvalue weighted by molar-refractivity contribution is 5.87. The highest BCUT2D eigenvalue weighted by Crippen LogP contribution is 2.37. The van der Waals surface area contributed by atoms with Gasteiger partial charge in [-0.2, -0.15) is 0 Å². The maximum atomic E-state index is 6.63. The van der Waals surface area contributed by atoms with Crippen LogP contribution in [0.25, 0.3) is 22.4 Å². The van der Waals surface area contributed by atoms with Crippen molar-refractivity contribution in [2.24, 2.45) is 0 Å². The van der Waals surface area contributed by atoms with Crippen LogP contribution in [0.5, 0.6) is 23.0 Å². The molecule has 7 nitrogen and oxygen atoms in total. The van der Waals surface area contributed by atoms with Crippen LogP contribution >= 0.6 is 0 Å². The van der Waals surface area contributed by atoms with Crippen LogP contribution in [0, 0.1) is 0 Å². The van der Waals surface area contributed by atoms with Crippen LogP contribution in [0.3, 0.4) is 0 Å². The molecule has 0 radical (unpaired) electrons. The second-order valence-corrected chi connectivity index (χ2v) is 15.3. The summed E-state index contributed by atoms with van der Waals surface area (Å²) in [6, 6.07) is 21.0. The van der Waals surface area contributed by atoms with Gasteiger partial charge in [-0.25, -0.2) is 4.98 Å². The summed E-state index contributed by atoms with van der Waals surface area (Å²) in [5.41, 5.74) is 4.38. The van der Waals surface area contributed by atoms with Crippen molar-refractivity contribution in [2.45, 2.75) is 104 Å². The Morgan fingerprint density at radius 2 is 1.30 bits per heavy atom. The topological polar surface area (TPSA) is 52.0 Å². The zero-order chi connectivity index (χ0) is 34.8. The summed E-state index contributed by atoms with van der Waals surface area (Å²) in [5.74, 6) is 4.23. The molecule has 270 valence electrons. The first kappa shape index (κ1) is 36.2. The molecule has 4 aromatic rings. The van der Waals surface area contributed by atoms with Crippen LogP contribution in [-0.2, 0) is 12.0 Å². The number of ether oxygens (including phenoxy) is 3. The molecule has 0 atom stereocenters. The largest absolute Gasteiger partial charge is 0.492 e. The fourth-order valence-electron chi connectivity index (χ4n) is 7.28. The van der Waals surface area contributed by atoms with Crippen LogP contribution in [0.15, 0.2) is 60.7 Å². The van der Waals surface area contributed by atoms with Gasteiger partial charge in [0.25, 0.3) is 0 Å². The minimum atomic E-state index is 0.100. The number of likely N-dealkylation sites (tertiary alicyclic amines) is 2. The molecular formula is C43H60N4O3. The quantitative estimate of drug-likeness (QED) is 0.132. The molecule has 2 saturated heterocycles. The molecule has 50 heavy (non-hydrogen) atoms. The standard InChI is InChI=1S/C43H60N4O3/c1-5-6-26-47-39-32-38(48-29-27-45-22-11-7-8-12-23-45)33-40(49-30-28-46-24-13-9-10-14-25-46)41(39)44-42(47)34-16-15-17-37(31-34)50-36-20-18-35(19-21-36)43(2,3)4/h15-21,31-33H,5-14,22-30H2,1-4H3. The Morgan fingerprint density at radius 1 is 0.660 bits per heavy atom. The van der Waals surface area contributed by atoms with Gasteiger partial charge in [0.1, 0.15) is 41.8 Å². The molecule has 0 saturated carbocycles. The third kappa shape index (κ3) is 9.82. The van der Waals surface area contributed by atoms with Gasteiger partial charge in [-0.05, 0) is 93.5 Å². The molecule has 0 aliphatic carbocycles. The average Bonchev–Trinajstić information content (AvgIpc) is 3.29. The molecule has 0 bridgehead atoms. The minimum absolute atomic E-state index is 0.100. The highest BCUT2D eigenvalue weighted by atomic mass is 16.5. The number of hydrogen-bond acceptors (Lipinski definition) is 6. The summed E-state index contributed by atoms with van der Waals surface area (Å²) in [4.78, 5) is 10.4. The van der Waals surface area contributed by atoms with E-state index in [1.54, 1.807) is 0 Å². The van der Waals surface area contributed by atoms with E-state index in [4.69, 9.17) is 19.2 Å². The lowest BCUT2D eigenvalue weighted by Gasteiger charge is -2.21. The van der Waals surface area contributed by atoms with E-state index < -0.39 is 0 Å². The number of benzene rings is 3. The number of imidazole rings is 1. The van der Waals surface area contributed by atoms with Crippen molar-refractivity contribution in [1.29, 1.82) is 0 Å². The highest BCUT2D eigenvalue weighted by Gasteiger charge is 2.20. The molecule has 0 spiro atoms. The van der Waals surface area contributed by atoms with Crippen LogP contribution in [0.4, 0.5) is 0 Å². The fraction of sp³-hybridized carbons (Fsp3) is 0.558.